The van der Waals surface area contributed by atoms with Crippen molar-refractivity contribution in [2.75, 3.05) is 0 Å². The number of hydrogen-bond acceptors (Lipinski definition) is 2. The van der Waals surface area contributed by atoms with E-state index in [9.17, 15) is 4.79 Å². The van der Waals surface area contributed by atoms with Gasteiger partial charge in [-0.1, -0.05) is 6.92 Å². The minimum atomic E-state index is -0.891. The lowest BCUT2D eigenvalue weighted by atomic mass is 10.2. The second kappa shape index (κ2) is 3.90. The molecular weight excluding hydrogens is 210 g/mol. The van der Waals surface area contributed by atoms with Crippen LogP contribution in [-0.2, 0) is 6.42 Å². The number of aromatic nitrogens is 1. The Bertz CT molecular complexity index is 484. The van der Waals surface area contributed by atoms with E-state index in [1.165, 1.54) is 11.1 Å². The summed E-state index contributed by atoms with van der Waals surface area (Å²) in [6, 6.07) is 4.01. The zero-order valence-electron chi connectivity index (χ0n) is 8.28. The molecule has 78 valence electrons. The smallest absolute Gasteiger partial charge is 0.337 e. The Morgan fingerprint density at radius 3 is 2.87 bits per heavy atom. The van der Waals surface area contributed by atoms with Crippen LogP contribution in [0.2, 0.25) is 0 Å². The third-order valence-electron chi connectivity index (χ3n) is 2.25. The topological polar surface area (TPSA) is 53.1 Å². The first-order valence-corrected chi connectivity index (χ1v) is 5.53. The molecular formula is C11H11NO2S. The Kier molecular flexibility index (Phi) is 2.60. The predicted molar refractivity (Wildman–Crippen MR) is 60.4 cm³/mol. The van der Waals surface area contributed by atoms with E-state index in [1.807, 2.05) is 12.1 Å². The SMILES string of the molecule is CCc1ccc(-c2c[nH]cc2C(=O)O)s1. The first-order chi connectivity index (χ1) is 7.22. The van der Waals surface area contributed by atoms with Crippen LogP contribution in [0.1, 0.15) is 22.2 Å². The summed E-state index contributed by atoms with van der Waals surface area (Å²) in [6.45, 7) is 2.09. The molecule has 3 nitrogen and oxygen atoms in total. The lowest BCUT2D eigenvalue weighted by Gasteiger charge is -1.94. The number of nitrogens with one attached hydrogen (secondary N) is 1. The summed E-state index contributed by atoms with van der Waals surface area (Å²) in [5, 5.41) is 8.96. The van der Waals surface area contributed by atoms with Crippen molar-refractivity contribution >= 4 is 17.3 Å². The molecule has 0 radical (unpaired) electrons. The van der Waals surface area contributed by atoms with Crippen LogP contribution in [0.5, 0.6) is 0 Å². The van der Waals surface area contributed by atoms with Gasteiger partial charge in [-0.25, -0.2) is 4.79 Å². The van der Waals surface area contributed by atoms with Crippen molar-refractivity contribution in [1.82, 2.24) is 4.98 Å². The Balaban J connectivity index is 2.44. The molecule has 0 aliphatic carbocycles. The first kappa shape index (κ1) is 9.98. The molecule has 2 aromatic heterocycles. The van der Waals surface area contributed by atoms with Gasteiger partial charge in [-0.15, -0.1) is 11.3 Å². The summed E-state index contributed by atoms with van der Waals surface area (Å²) in [5.74, 6) is -0.891. The summed E-state index contributed by atoms with van der Waals surface area (Å²) in [7, 11) is 0. The lowest BCUT2D eigenvalue weighted by molar-refractivity contribution is 0.0698. The van der Waals surface area contributed by atoms with Crippen molar-refractivity contribution < 1.29 is 9.90 Å². The molecule has 0 saturated carbocycles. The van der Waals surface area contributed by atoms with E-state index in [2.05, 4.69) is 11.9 Å². The fourth-order valence-electron chi connectivity index (χ4n) is 1.46. The first-order valence-electron chi connectivity index (χ1n) is 4.71. The van der Waals surface area contributed by atoms with Crippen LogP contribution in [0.3, 0.4) is 0 Å². The number of aryl methyl sites for hydroxylation is 1. The second-order valence-electron chi connectivity index (χ2n) is 3.21. The summed E-state index contributed by atoms with van der Waals surface area (Å²) < 4.78 is 0. The zero-order chi connectivity index (χ0) is 10.8. The largest absolute Gasteiger partial charge is 0.478 e. The summed E-state index contributed by atoms with van der Waals surface area (Å²) >= 11 is 1.64. The highest BCUT2D eigenvalue weighted by Gasteiger charge is 2.13. The maximum Gasteiger partial charge on any atom is 0.337 e. The summed E-state index contributed by atoms with van der Waals surface area (Å²) in [5.41, 5.74) is 1.10. The minimum Gasteiger partial charge on any atom is -0.478 e. The Labute approximate surface area is 91.4 Å². The number of carbonyl (C=O) groups is 1. The molecule has 0 spiro atoms. The highest BCUT2D eigenvalue weighted by molar-refractivity contribution is 7.15. The molecule has 0 atom stereocenters. The lowest BCUT2D eigenvalue weighted by Crippen LogP contribution is -1.94. The van der Waals surface area contributed by atoms with E-state index >= 15 is 0 Å². The van der Waals surface area contributed by atoms with Gasteiger partial charge in [-0.2, -0.15) is 0 Å². The molecule has 0 aliphatic heterocycles. The quantitative estimate of drug-likeness (QED) is 0.837. The molecule has 0 aliphatic rings. The fraction of sp³-hybridized carbons (Fsp3) is 0.182. The number of thiophene rings is 1. The number of hydrogen-bond donors (Lipinski definition) is 2. The van der Waals surface area contributed by atoms with Crippen molar-refractivity contribution in [1.29, 1.82) is 0 Å². The van der Waals surface area contributed by atoms with E-state index < -0.39 is 5.97 Å². The molecule has 15 heavy (non-hydrogen) atoms. The van der Waals surface area contributed by atoms with E-state index in [0.717, 1.165) is 16.9 Å². The van der Waals surface area contributed by atoms with E-state index in [1.54, 1.807) is 17.5 Å². The van der Waals surface area contributed by atoms with Crippen molar-refractivity contribution in [3.8, 4) is 10.4 Å². The molecule has 2 aromatic rings. The molecule has 0 unspecified atom stereocenters. The van der Waals surface area contributed by atoms with Gasteiger partial charge in [0.05, 0.1) is 5.56 Å². The van der Waals surface area contributed by atoms with Gasteiger partial charge in [0.15, 0.2) is 0 Å². The van der Waals surface area contributed by atoms with Crippen LogP contribution in [0.4, 0.5) is 0 Å². The van der Waals surface area contributed by atoms with Crippen LogP contribution in [0.15, 0.2) is 24.5 Å². The number of aromatic carboxylic acids is 1. The molecule has 0 bridgehead atoms. The highest BCUT2D eigenvalue weighted by atomic mass is 32.1. The third kappa shape index (κ3) is 1.80. The van der Waals surface area contributed by atoms with Crippen LogP contribution in [0, 0.1) is 0 Å². The average Bonchev–Trinajstić information content (AvgIpc) is 2.85. The maximum absolute atomic E-state index is 10.9. The minimum absolute atomic E-state index is 0.333. The monoisotopic (exact) mass is 221 g/mol. The number of H-pyrrole nitrogens is 1. The van der Waals surface area contributed by atoms with Gasteiger partial charge in [0, 0.05) is 27.7 Å². The van der Waals surface area contributed by atoms with Crippen molar-refractivity contribution in [3.63, 3.8) is 0 Å². The highest BCUT2D eigenvalue weighted by Crippen LogP contribution is 2.30. The van der Waals surface area contributed by atoms with Gasteiger partial charge < -0.3 is 10.1 Å². The van der Waals surface area contributed by atoms with Crippen molar-refractivity contribution in [2.24, 2.45) is 0 Å². The number of carboxylic acid groups (broad SMARTS) is 1. The van der Waals surface area contributed by atoms with Crippen LogP contribution in [-0.4, -0.2) is 16.1 Å². The Morgan fingerprint density at radius 2 is 2.27 bits per heavy atom. The predicted octanol–water partition coefficient (Wildman–Crippen LogP) is 3.00. The van der Waals surface area contributed by atoms with Crippen molar-refractivity contribution in [2.45, 2.75) is 13.3 Å². The molecule has 0 saturated heterocycles. The maximum atomic E-state index is 10.9. The molecule has 4 heteroatoms. The van der Waals surface area contributed by atoms with Gasteiger partial charge >= 0.3 is 5.97 Å². The Hall–Kier alpha value is -1.55. The van der Waals surface area contributed by atoms with Gasteiger partial charge in [0.2, 0.25) is 0 Å². The molecule has 0 fully saturated rings. The average molecular weight is 221 g/mol. The third-order valence-corrected chi connectivity index (χ3v) is 3.51. The summed E-state index contributed by atoms with van der Waals surface area (Å²) in [4.78, 5) is 16.0. The summed E-state index contributed by atoms with van der Waals surface area (Å²) in [6.07, 6.45) is 4.23. The van der Waals surface area contributed by atoms with Crippen LogP contribution in [0.25, 0.3) is 10.4 Å². The van der Waals surface area contributed by atoms with E-state index in [4.69, 9.17) is 5.11 Å². The zero-order valence-corrected chi connectivity index (χ0v) is 9.10. The standard InChI is InChI=1S/C11H11NO2S/c1-2-7-3-4-10(15-7)8-5-12-6-9(8)11(13)14/h3-6,12H,2H2,1H3,(H,13,14). The van der Waals surface area contributed by atoms with Gasteiger partial charge in [-0.3, -0.25) is 0 Å². The van der Waals surface area contributed by atoms with E-state index in [0.29, 0.717) is 5.56 Å². The molecule has 2 rings (SSSR count). The molecule has 2 N–H and O–H groups in total. The number of rotatable bonds is 3. The number of aromatic amines is 1. The molecule has 0 amide bonds. The van der Waals surface area contributed by atoms with E-state index in [-0.39, 0.29) is 0 Å². The van der Waals surface area contributed by atoms with Crippen LogP contribution >= 0.6 is 11.3 Å². The van der Waals surface area contributed by atoms with Gasteiger partial charge in [0.25, 0.3) is 0 Å². The number of carboxylic acids is 1. The van der Waals surface area contributed by atoms with Gasteiger partial charge in [0.1, 0.15) is 0 Å². The molecule has 2 heterocycles. The van der Waals surface area contributed by atoms with Crippen molar-refractivity contribution in [3.05, 3.63) is 35.0 Å². The Morgan fingerprint density at radius 1 is 1.47 bits per heavy atom. The normalized spacial score (nSPS) is 10.5. The second-order valence-corrected chi connectivity index (χ2v) is 4.38. The molecule has 0 aromatic carbocycles. The fourth-order valence-corrected chi connectivity index (χ4v) is 2.44. The van der Waals surface area contributed by atoms with Crippen LogP contribution < -0.4 is 0 Å². The van der Waals surface area contributed by atoms with Gasteiger partial charge in [-0.05, 0) is 18.6 Å².